The molecule has 4 unspecified atom stereocenters. The standard InChI is InChI=1S/C19H36.2C17H32.2C15H28.C13H24.C12H22.C12H24.C10H20.C8H16/c1-5-15-7-11-17(12-8-15)19(3,4)18-13-9-16(6-2)10-14-18;1-13-5-9-15(10-6-13)17(3,4)16-11-7-14(2)8-12-16;1-3-14-5-9-16(10-6-14)13-17-11-7-15(4-2)8-12-17;1-12-3-7-14(8-4-12)11-15-9-5-13(2)6-10-15;1-3-13-5-9-15(10-6-13)11-7-14(4-2)8-12-15;1-11-3-7-13(8-4-11)9-5-12(2)6-10-13;1-9-3-5-12-8-10(2)4-6-11(12)7-9;1-3-5-11-7-9-12(6-4-2)10-8-11;1-3-9-5-7-10(4-2)8-6-9;1-7-3-5-8(2)6-4-7/h15-18H,5-14H2,1-4H3;13-16H,5-12H2,1-4H3;14-17H,3-13H2,1-2H3;12-15H,3-11H2,1-2H3;13-14H,3-12H2,1-2H3;11-12H,3-10H2,1-2H3;9-12H,3-8H2,1-2H3;11-12H,3-10H2,1-2H3;9-10H,3-8H2,1-2H3;7-8H,3-6H2,1-2H3. The molecule has 138 heavy (non-hydrogen) atoms. The molecule has 17 fully saturated rings. The SMILES string of the molecule is CC1CCC(C(C)(C)C2CCC(C)CC2)CC1.CC1CCC(C)CC1.CC1CCC(CC2CCC(C)CC2)CC1.CC1CCC2(CC1)CCC(C)CC2.CC1CCC2CC(C)CCC2C1.CCC1CCC(C(C)(C)C2CCC(CC)CC2)CC1.CCC1CCC(CC)CC1.CCC1CCC(CC2CCC(CC)CC2)CC1.CCC1CCC2(CC1)CCC(CC)CC2.CCCC1CCC(CCC)CC1. The van der Waals surface area contributed by atoms with Crippen molar-refractivity contribution in [1.29, 1.82) is 0 Å². The van der Waals surface area contributed by atoms with E-state index in [0.717, 1.165) is 188 Å². The monoisotopic (exact) mass is 1920 g/mol. The topological polar surface area (TPSA) is 0 Å². The Bertz CT molecular complexity index is 2620. The highest BCUT2D eigenvalue weighted by atomic mass is 14.5. The lowest BCUT2D eigenvalue weighted by molar-refractivity contribution is 0.0381. The summed E-state index contributed by atoms with van der Waals surface area (Å²) in [5, 5.41) is 0. The van der Waals surface area contributed by atoms with Gasteiger partial charge in [0.15, 0.2) is 0 Å². The molecule has 0 nitrogen and oxygen atoms in total. The van der Waals surface area contributed by atoms with Crippen LogP contribution in [-0.2, 0) is 0 Å². The lowest BCUT2D eigenvalue weighted by atomic mass is 9.59. The van der Waals surface area contributed by atoms with Crippen molar-refractivity contribution in [3.63, 3.8) is 0 Å². The molecule has 17 aliphatic carbocycles. The van der Waals surface area contributed by atoms with Crippen LogP contribution in [-0.4, -0.2) is 0 Å². The Morgan fingerprint density at radius 2 is 0.312 bits per heavy atom. The van der Waals surface area contributed by atoms with Crippen molar-refractivity contribution in [2.45, 2.75) is 680 Å². The average molecular weight is 1920 g/mol. The first kappa shape index (κ1) is 123. The van der Waals surface area contributed by atoms with Gasteiger partial charge < -0.3 is 0 Å². The number of hydrogen-bond acceptors (Lipinski definition) is 0. The number of fused-ring (bicyclic) bond motifs is 1. The first-order valence-electron chi connectivity index (χ1n) is 66.4. The van der Waals surface area contributed by atoms with Gasteiger partial charge in [0.2, 0.25) is 0 Å². The van der Waals surface area contributed by atoms with Crippen molar-refractivity contribution in [3.8, 4) is 0 Å². The minimum absolute atomic E-state index is 0.609. The Kier molecular flexibility index (Phi) is 60.1. The van der Waals surface area contributed by atoms with Gasteiger partial charge in [-0.3, -0.25) is 0 Å². The average Bonchev–Trinajstić information content (AvgIpc) is 0.801. The predicted molar refractivity (Wildman–Crippen MR) is 620 cm³/mol. The molecular weight excluding hydrogens is 1660 g/mol. The van der Waals surface area contributed by atoms with E-state index in [1.807, 2.05) is 0 Å². The Hall–Kier alpha value is 0. The highest BCUT2D eigenvalue weighted by Crippen LogP contribution is 2.56. The summed E-state index contributed by atoms with van der Waals surface area (Å²) in [7, 11) is 0. The van der Waals surface area contributed by atoms with Crippen molar-refractivity contribution in [3.05, 3.63) is 0 Å². The molecular formula is C138H262. The van der Waals surface area contributed by atoms with Gasteiger partial charge in [-0.2, -0.15) is 0 Å². The molecule has 0 amide bonds. The van der Waals surface area contributed by atoms with Gasteiger partial charge in [-0.25, -0.2) is 0 Å². The third-order valence-corrected chi connectivity index (χ3v) is 46.9. The fourth-order valence-electron chi connectivity index (χ4n) is 33.7. The molecule has 814 valence electrons. The van der Waals surface area contributed by atoms with E-state index in [1.54, 1.807) is 89.9 Å². The molecule has 4 atom stereocenters. The van der Waals surface area contributed by atoms with Crippen LogP contribution < -0.4 is 0 Å². The zero-order valence-electron chi connectivity index (χ0n) is 99.9. The van der Waals surface area contributed by atoms with Gasteiger partial charge in [0.05, 0.1) is 0 Å². The van der Waals surface area contributed by atoms with Gasteiger partial charge in [0.1, 0.15) is 0 Å². The molecule has 0 saturated heterocycles. The minimum Gasteiger partial charge on any atom is -0.0654 e. The Balaban J connectivity index is 0.000000189. The van der Waals surface area contributed by atoms with Crippen LogP contribution in [0.4, 0.5) is 0 Å². The van der Waals surface area contributed by atoms with Gasteiger partial charge in [0.25, 0.3) is 0 Å². The molecule has 0 radical (unpaired) electrons. The summed E-state index contributed by atoms with van der Waals surface area (Å²) < 4.78 is 0. The zero-order valence-corrected chi connectivity index (χ0v) is 99.9. The molecule has 0 aromatic carbocycles. The maximum Gasteiger partial charge on any atom is -0.0297 e. The fraction of sp³-hybridized carbons (Fsp3) is 1.00. The van der Waals surface area contributed by atoms with Crippen LogP contribution in [0.25, 0.3) is 0 Å². The van der Waals surface area contributed by atoms with E-state index in [1.165, 1.54) is 424 Å². The largest absolute Gasteiger partial charge is 0.0654 e. The summed E-state index contributed by atoms with van der Waals surface area (Å²) >= 11 is 0. The summed E-state index contributed by atoms with van der Waals surface area (Å²) in [6, 6.07) is 0. The highest BCUT2D eigenvalue weighted by molar-refractivity contribution is 4.96. The Morgan fingerprint density at radius 3 is 0.529 bits per heavy atom. The Labute approximate surface area is 873 Å². The lowest BCUT2D eigenvalue weighted by Gasteiger charge is -2.46. The molecule has 0 aliphatic heterocycles. The predicted octanol–water partition coefficient (Wildman–Crippen LogP) is 47.2. The third kappa shape index (κ3) is 45.3. The normalized spacial score (nSPS) is 40.2. The summed E-state index contributed by atoms with van der Waals surface area (Å²) in [6.07, 6.45) is 121. The molecule has 0 heteroatoms. The van der Waals surface area contributed by atoms with Crippen molar-refractivity contribution >= 4 is 0 Å². The fourth-order valence-corrected chi connectivity index (χ4v) is 33.7. The number of hydrogen-bond donors (Lipinski definition) is 0. The van der Waals surface area contributed by atoms with E-state index in [4.69, 9.17) is 0 Å². The first-order valence-corrected chi connectivity index (χ1v) is 66.4. The molecule has 0 heterocycles. The number of rotatable bonds is 20. The molecule has 0 aromatic rings. The lowest BCUT2D eigenvalue weighted by Crippen LogP contribution is -2.37. The van der Waals surface area contributed by atoms with Crippen molar-refractivity contribution < 1.29 is 0 Å². The maximum atomic E-state index is 2.60. The molecule has 2 spiro atoms. The van der Waals surface area contributed by atoms with Crippen LogP contribution >= 0.6 is 0 Å². The minimum atomic E-state index is 0.609. The van der Waals surface area contributed by atoms with Crippen LogP contribution in [0, 0.1) is 199 Å². The summed E-state index contributed by atoms with van der Waals surface area (Å²) in [4.78, 5) is 0. The van der Waals surface area contributed by atoms with Crippen molar-refractivity contribution in [1.82, 2.24) is 0 Å². The highest BCUT2D eigenvalue weighted by Gasteiger charge is 2.44. The van der Waals surface area contributed by atoms with Crippen LogP contribution in [0.2, 0.25) is 0 Å². The summed E-state index contributed by atoms with van der Waals surface area (Å²) in [5.41, 5.74) is 2.86. The third-order valence-electron chi connectivity index (χ3n) is 46.9. The van der Waals surface area contributed by atoms with E-state index in [-0.39, 0.29) is 0 Å². The molecule has 17 saturated carbocycles. The van der Waals surface area contributed by atoms with Crippen LogP contribution in [0.3, 0.4) is 0 Å². The first-order chi connectivity index (χ1) is 66.4. The van der Waals surface area contributed by atoms with Gasteiger partial charge in [0, 0.05) is 0 Å². The van der Waals surface area contributed by atoms with E-state index in [9.17, 15) is 0 Å². The van der Waals surface area contributed by atoms with Gasteiger partial charge >= 0.3 is 0 Å². The molecule has 17 aliphatic rings. The van der Waals surface area contributed by atoms with E-state index < -0.39 is 0 Å². The second-order valence-electron chi connectivity index (χ2n) is 58.1. The van der Waals surface area contributed by atoms with E-state index in [2.05, 4.69) is 166 Å². The molecule has 0 aromatic heterocycles. The van der Waals surface area contributed by atoms with Crippen LogP contribution in [0.1, 0.15) is 680 Å². The molecule has 17 rings (SSSR count). The second-order valence-corrected chi connectivity index (χ2v) is 58.1. The molecule has 0 bridgehead atoms. The van der Waals surface area contributed by atoms with Crippen molar-refractivity contribution in [2.24, 2.45) is 199 Å². The molecule has 0 N–H and O–H groups in total. The summed E-state index contributed by atoms with van der Waals surface area (Å²) in [6.45, 7) is 58.1. The van der Waals surface area contributed by atoms with Gasteiger partial charge in [-0.15, -0.1) is 0 Å². The van der Waals surface area contributed by atoms with Gasteiger partial charge in [-0.05, 0) is 366 Å². The zero-order chi connectivity index (χ0) is 99.9. The Morgan fingerprint density at radius 1 is 0.159 bits per heavy atom. The van der Waals surface area contributed by atoms with Gasteiger partial charge in [-0.1, -0.05) is 513 Å². The second kappa shape index (κ2) is 67.3. The quantitative estimate of drug-likeness (QED) is 0.114. The smallest absolute Gasteiger partial charge is 0.0297 e. The van der Waals surface area contributed by atoms with E-state index in [0.29, 0.717) is 10.8 Å². The van der Waals surface area contributed by atoms with Crippen LogP contribution in [0.5, 0.6) is 0 Å². The van der Waals surface area contributed by atoms with Crippen molar-refractivity contribution in [2.75, 3.05) is 0 Å². The summed E-state index contributed by atoms with van der Waals surface area (Å²) in [5.74, 6) is 31.5. The maximum absolute atomic E-state index is 2.60. The van der Waals surface area contributed by atoms with Crippen LogP contribution in [0.15, 0.2) is 0 Å². The van der Waals surface area contributed by atoms with E-state index >= 15 is 0 Å².